The number of alkyl halides is 3. The Bertz CT molecular complexity index is 471. The molecule has 0 aliphatic carbocycles. The van der Waals surface area contributed by atoms with Crippen molar-refractivity contribution < 1.29 is 18.3 Å². The van der Waals surface area contributed by atoms with Crippen LogP contribution in [0.2, 0.25) is 0 Å². The summed E-state index contributed by atoms with van der Waals surface area (Å²) in [5.41, 5.74) is 5.46. The number of hydrogen-bond donors (Lipinski definition) is 2. The van der Waals surface area contributed by atoms with Crippen LogP contribution in [-0.4, -0.2) is 5.11 Å². The second-order valence-electron chi connectivity index (χ2n) is 4.16. The lowest BCUT2D eigenvalue weighted by molar-refractivity contribution is -0.138. The van der Waals surface area contributed by atoms with E-state index in [1.807, 2.05) is 0 Å². The van der Waals surface area contributed by atoms with E-state index in [2.05, 4.69) is 22.5 Å². The molecule has 0 fully saturated rings. The van der Waals surface area contributed by atoms with Crippen molar-refractivity contribution in [1.82, 2.24) is 0 Å². The van der Waals surface area contributed by atoms with E-state index < -0.39 is 23.5 Å². The van der Waals surface area contributed by atoms with Gasteiger partial charge in [0.15, 0.2) is 0 Å². The van der Waals surface area contributed by atoms with Crippen molar-refractivity contribution in [2.24, 2.45) is 5.73 Å². The van der Waals surface area contributed by atoms with Gasteiger partial charge in [-0.3, -0.25) is 0 Å². The minimum Gasteiger partial charge on any atom is -0.507 e. The van der Waals surface area contributed by atoms with Gasteiger partial charge in [-0.05, 0) is 25.5 Å². The molecule has 0 amide bonds. The average molecular weight is 324 g/mol. The maximum Gasteiger partial charge on any atom is 0.420 e. The minimum atomic E-state index is -4.62. The van der Waals surface area contributed by atoms with Crippen LogP contribution in [0.3, 0.4) is 0 Å². The molecular formula is C12H13BrF3NO. The number of hydrogen-bond acceptors (Lipinski definition) is 2. The maximum atomic E-state index is 12.7. The third-order valence-corrected chi connectivity index (χ3v) is 2.84. The smallest absolute Gasteiger partial charge is 0.420 e. The summed E-state index contributed by atoms with van der Waals surface area (Å²) in [4.78, 5) is 0. The predicted octanol–water partition coefficient (Wildman–Crippen LogP) is 4.14. The molecule has 1 rings (SSSR count). The first kappa shape index (κ1) is 15.0. The second kappa shape index (κ2) is 5.32. The highest BCUT2D eigenvalue weighted by Gasteiger charge is 2.35. The zero-order valence-electron chi connectivity index (χ0n) is 9.68. The normalized spacial score (nSPS) is 13.4. The SMILES string of the molecule is C=C(C)C[C@H](N)c1cc(Br)cc(C(F)(F)F)c1O. The average Bonchev–Trinajstić information content (AvgIpc) is 2.18. The fourth-order valence-corrected chi connectivity index (χ4v) is 2.08. The first-order valence-electron chi connectivity index (χ1n) is 5.12. The van der Waals surface area contributed by atoms with E-state index in [0.29, 0.717) is 6.42 Å². The van der Waals surface area contributed by atoms with Crippen LogP contribution in [0.15, 0.2) is 28.8 Å². The fraction of sp³-hybridized carbons (Fsp3) is 0.333. The summed E-state index contributed by atoms with van der Waals surface area (Å²) in [5, 5.41) is 9.68. The summed E-state index contributed by atoms with van der Waals surface area (Å²) in [5.74, 6) is -0.820. The van der Waals surface area contributed by atoms with Crippen LogP contribution in [0.1, 0.15) is 30.5 Å². The monoisotopic (exact) mass is 323 g/mol. The highest BCUT2D eigenvalue weighted by Crippen LogP contribution is 2.41. The van der Waals surface area contributed by atoms with Crippen molar-refractivity contribution in [2.45, 2.75) is 25.6 Å². The summed E-state index contributed by atoms with van der Waals surface area (Å²) >= 11 is 2.99. The first-order valence-corrected chi connectivity index (χ1v) is 5.91. The number of benzene rings is 1. The molecular weight excluding hydrogens is 311 g/mol. The van der Waals surface area contributed by atoms with Crippen molar-refractivity contribution in [3.8, 4) is 5.75 Å². The van der Waals surface area contributed by atoms with E-state index in [0.717, 1.165) is 11.6 Å². The van der Waals surface area contributed by atoms with Crippen molar-refractivity contribution in [3.05, 3.63) is 39.9 Å². The number of halogens is 4. The molecule has 0 unspecified atom stereocenters. The van der Waals surface area contributed by atoms with Crippen molar-refractivity contribution in [1.29, 1.82) is 0 Å². The molecule has 0 heterocycles. The number of aromatic hydroxyl groups is 1. The summed E-state index contributed by atoms with van der Waals surface area (Å²) in [7, 11) is 0. The Morgan fingerprint density at radius 2 is 2.06 bits per heavy atom. The summed E-state index contributed by atoms with van der Waals surface area (Å²) in [6.07, 6.45) is -4.31. The van der Waals surface area contributed by atoms with Gasteiger partial charge in [-0.15, -0.1) is 6.58 Å². The van der Waals surface area contributed by atoms with E-state index in [4.69, 9.17) is 5.73 Å². The molecule has 0 bridgehead atoms. The molecule has 100 valence electrons. The first-order chi connectivity index (χ1) is 8.12. The Morgan fingerprint density at radius 1 is 1.50 bits per heavy atom. The summed E-state index contributed by atoms with van der Waals surface area (Å²) < 4.78 is 38.3. The van der Waals surface area contributed by atoms with Gasteiger partial charge in [-0.25, -0.2) is 0 Å². The van der Waals surface area contributed by atoms with Crippen molar-refractivity contribution in [3.63, 3.8) is 0 Å². The molecule has 0 spiro atoms. The zero-order valence-corrected chi connectivity index (χ0v) is 11.3. The largest absolute Gasteiger partial charge is 0.507 e. The third-order valence-electron chi connectivity index (χ3n) is 2.38. The van der Waals surface area contributed by atoms with Crippen molar-refractivity contribution >= 4 is 15.9 Å². The van der Waals surface area contributed by atoms with Crippen molar-refractivity contribution in [2.75, 3.05) is 0 Å². The van der Waals surface area contributed by atoms with E-state index in [1.165, 1.54) is 6.07 Å². The lowest BCUT2D eigenvalue weighted by Crippen LogP contribution is -2.14. The molecule has 0 saturated heterocycles. The molecule has 6 heteroatoms. The molecule has 0 aliphatic heterocycles. The molecule has 3 N–H and O–H groups in total. The number of phenolic OH excluding ortho intramolecular Hbond substituents is 1. The Kier molecular flexibility index (Phi) is 4.45. The Hall–Kier alpha value is -1.01. The van der Waals surface area contributed by atoms with E-state index in [-0.39, 0.29) is 10.0 Å². The van der Waals surface area contributed by atoms with Gasteiger partial charge in [-0.2, -0.15) is 13.2 Å². The highest BCUT2D eigenvalue weighted by atomic mass is 79.9. The lowest BCUT2D eigenvalue weighted by atomic mass is 9.98. The zero-order chi connectivity index (χ0) is 14.1. The highest BCUT2D eigenvalue weighted by molar-refractivity contribution is 9.10. The molecule has 0 saturated carbocycles. The van der Waals surface area contributed by atoms with Gasteiger partial charge in [0.2, 0.25) is 0 Å². The predicted molar refractivity (Wildman–Crippen MR) is 67.2 cm³/mol. The lowest BCUT2D eigenvalue weighted by Gasteiger charge is -2.18. The molecule has 1 atom stereocenters. The van der Waals surface area contributed by atoms with Crippen LogP contribution in [0, 0.1) is 0 Å². The summed E-state index contributed by atoms with van der Waals surface area (Å²) in [6, 6.07) is 1.49. The van der Waals surface area contributed by atoms with Crippen LogP contribution in [0.5, 0.6) is 5.75 Å². The molecule has 2 nitrogen and oxygen atoms in total. The van der Waals surface area contributed by atoms with E-state index in [9.17, 15) is 18.3 Å². The summed E-state index contributed by atoms with van der Waals surface area (Å²) in [6.45, 7) is 5.37. The molecule has 0 radical (unpaired) electrons. The Morgan fingerprint density at radius 3 is 2.50 bits per heavy atom. The number of nitrogens with two attached hydrogens (primary N) is 1. The van der Waals surface area contributed by atoms with Gasteiger partial charge in [0, 0.05) is 16.1 Å². The van der Waals surface area contributed by atoms with E-state index >= 15 is 0 Å². The van der Waals surface area contributed by atoms with Crippen LogP contribution in [-0.2, 0) is 6.18 Å². The molecule has 18 heavy (non-hydrogen) atoms. The van der Waals surface area contributed by atoms with Crippen LogP contribution in [0.25, 0.3) is 0 Å². The van der Waals surface area contributed by atoms with Crippen LogP contribution in [0.4, 0.5) is 13.2 Å². The fourth-order valence-electron chi connectivity index (χ4n) is 1.60. The molecule has 0 aromatic heterocycles. The van der Waals surface area contributed by atoms with Gasteiger partial charge in [-0.1, -0.05) is 21.5 Å². The Labute approximate surface area is 111 Å². The molecule has 1 aromatic carbocycles. The van der Waals surface area contributed by atoms with Crippen LogP contribution < -0.4 is 5.73 Å². The second-order valence-corrected chi connectivity index (χ2v) is 5.07. The van der Waals surface area contributed by atoms with Gasteiger partial charge in [0.25, 0.3) is 0 Å². The third kappa shape index (κ3) is 3.49. The Balaban J connectivity index is 3.29. The van der Waals surface area contributed by atoms with E-state index in [1.54, 1.807) is 6.92 Å². The number of rotatable bonds is 3. The number of phenols is 1. The van der Waals surface area contributed by atoms with Gasteiger partial charge >= 0.3 is 6.18 Å². The maximum absolute atomic E-state index is 12.7. The van der Waals surface area contributed by atoms with Gasteiger partial charge in [0.1, 0.15) is 5.75 Å². The topological polar surface area (TPSA) is 46.2 Å². The minimum absolute atomic E-state index is 0.0553. The molecule has 1 aromatic rings. The standard InChI is InChI=1S/C12H13BrF3NO/c1-6(2)3-10(17)8-4-7(13)5-9(11(8)18)12(14,15)16/h4-5,10,18H,1,3,17H2,2H3/t10-/m0/s1. The van der Waals surface area contributed by atoms with Gasteiger partial charge in [0.05, 0.1) is 5.56 Å². The van der Waals surface area contributed by atoms with Gasteiger partial charge < -0.3 is 10.8 Å². The molecule has 0 aliphatic rings. The van der Waals surface area contributed by atoms with Crippen LogP contribution >= 0.6 is 15.9 Å². The quantitative estimate of drug-likeness (QED) is 0.821.